The fourth-order valence-corrected chi connectivity index (χ4v) is 2.73. The predicted octanol–water partition coefficient (Wildman–Crippen LogP) is 0.726. The Morgan fingerprint density at radius 2 is 2.24 bits per heavy atom. The minimum atomic E-state index is -0.0377. The predicted molar refractivity (Wildman–Crippen MR) is 99.6 cm³/mol. The second-order valence-electron chi connectivity index (χ2n) is 5.61. The number of guanidine groups is 1. The lowest BCUT2D eigenvalue weighted by atomic mass is 10.4. The van der Waals surface area contributed by atoms with Crippen LogP contribution in [0.2, 0.25) is 0 Å². The molecule has 0 atom stereocenters. The van der Waals surface area contributed by atoms with Crippen molar-refractivity contribution in [2.45, 2.75) is 26.4 Å². The molecule has 0 spiro atoms. The maximum atomic E-state index is 11.8. The van der Waals surface area contributed by atoms with Gasteiger partial charge in [0, 0.05) is 38.5 Å². The zero-order valence-corrected chi connectivity index (χ0v) is 15.7. The molecule has 0 fully saturated rings. The van der Waals surface area contributed by atoms with E-state index in [-0.39, 0.29) is 12.5 Å². The number of thiophene rings is 1. The van der Waals surface area contributed by atoms with Crippen molar-refractivity contribution in [1.82, 2.24) is 30.3 Å². The minimum Gasteiger partial charge on any atom is -0.355 e. The number of hydrogen-bond acceptors (Lipinski definition) is 5. The summed E-state index contributed by atoms with van der Waals surface area (Å²) in [7, 11) is 3.45. The summed E-state index contributed by atoms with van der Waals surface area (Å²) in [6.07, 6.45) is 2.57. The number of amides is 1. The molecule has 2 heterocycles. The van der Waals surface area contributed by atoms with Crippen molar-refractivity contribution in [3.05, 3.63) is 34.5 Å². The summed E-state index contributed by atoms with van der Waals surface area (Å²) >= 11 is 1.68. The molecule has 0 aliphatic carbocycles. The van der Waals surface area contributed by atoms with Gasteiger partial charge < -0.3 is 20.1 Å². The lowest BCUT2D eigenvalue weighted by Gasteiger charge is -2.14. The molecule has 136 valence electrons. The standard InChI is InChI=1S/C16H25N7OS/c1-4-14-21-20-12-23(14)8-7-17-16(19-11-15(24)22(2)3)18-10-13-6-5-9-25-13/h5-6,9,12H,4,7-8,10-11H2,1-3H3,(H2,17,18,19). The van der Waals surface area contributed by atoms with Crippen molar-refractivity contribution in [2.24, 2.45) is 4.99 Å². The van der Waals surface area contributed by atoms with Gasteiger partial charge in [-0.25, -0.2) is 4.99 Å². The van der Waals surface area contributed by atoms with Gasteiger partial charge in [-0.15, -0.1) is 21.5 Å². The van der Waals surface area contributed by atoms with E-state index in [1.54, 1.807) is 31.8 Å². The Balaban J connectivity index is 1.90. The van der Waals surface area contributed by atoms with Gasteiger partial charge in [-0.1, -0.05) is 13.0 Å². The third-order valence-electron chi connectivity index (χ3n) is 3.54. The van der Waals surface area contributed by atoms with Crippen LogP contribution in [0.3, 0.4) is 0 Å². The third-order valence-corrected chi connectivity index (χ3v) is 4.41. The molecule has 2 aromatic heterocycles. The molecule has 2 rings (SSSR count). The van der Waals surface area contributed by atoms with Gasteiger partial charge in [0.2, 0.25) is 5.91 Å². The van der Waals surface area contributed by atoms with Crippen LogP contribution >= 0.6 is 11.3 Å². The smallest absolute Gasteiger partial charge is 0.243 e. The number of rotatable bonds is 8. The molecule has 0 aliphatic heterocycles. The fourth-order valence-electron chi connectivity index (χ4n) is 2.08. The van der Waals surface area contributed by atoms with Gasteiger partial charge in [-0.3, -0.25) is 4.79 Å². The molecule has 25 heavy (non-hydrogen) atoms. The maximum Gasteiger partial charge on any atom is 0.243 e. The highest BCUT2D eigenvalue weighted by atomic mass is 32.1. The van der Waals surface area contributed by atoms with E-state index in [1.165, 1.54) is 9.78 Å². The van der Waals surface area contributed by atoms with E-state index < -0.39 is 0 Å². The first kappa shape index (κ1) is 18.9. The monoisotopic (exact) mass is 363 g/mol. The van der Waals surface area contributed by atoms with E-state index in [0.717, 1.165) is 18.8 Å². The molecule has 0 aliphatic rings. The van der Waals surface area contributed by atoms with E-state index in [4.69, 9.17) is 0 Å². The number of hydrogen-bond donors (Lipinski definition) is 2. The molecule has 1 amide bonds. The molecule has 8 nitrogen and oxygen atoms in total. The van der Waals surface area contributed by atoms with Gasteiger partial charge in [0.05, 0.1) is 6.54 Å². The van der Waals surface area contributed by atoms with Crippen molar-refractivity contribution in [3.63, 3.8) is 0 Å². The zero-order valence-electron chi connectivity index (χ0n) is 14.9. The molecule has 0 radical (unpaired) electrons. The average molecular weight is 363 g/mol. The number of carbonyl (C=O) groups is 1. The third kappa shape index (κ3) is 6.18. The summed E-state index contributed by atoms with van der Waals surface area (Å²) in [4.78, 5) is 18.9. The molecule has 2 N–H and O–H groups in total. The molecule has 0 aromatic carbocycles. The Morgan fingerprint density at radius 3 is 2.92 bits per heavy atom. The number of aromatic nitrogens is 3. The van der Waals surface area contributed by atoms with Gasteiger partial charge in [-0.2, -0.15) is 0 Å². The number of nitrogens with one attached hydrogen (secondary N) is 2. The number of aryl methyl sites for hydroxylation is 1. The van der Waals surface area contributed by atoms with Gasteiger partial charge >= 0.3 is 0 Å². The second-order valence-corrected chi connectivity index (χ2v) is 6.64. The number of aliphatic imine (C=N–C) groups is 1. The van der Waals surface area contributed by atoms with Crippen molar-refractivity contribution in [1.29, 1.82) is 0 Å². The van der Waals surface area contributed by atoms with E-state index >= 15 is 0 Å². The highest BCUT2D eigenvalue weighted by Gasteiger charge is 2.06. The van der Waals surface area contributed by atoms with Crippen LogP contribution < -0.4 is 10.6 Å². The van der Waals surface area contributed by atoms with Crippen LogP contribution in [0.15, 0.2) is 28.8 Å². The Morgan fingerprint density at radius 1 is 1.40 bits per heavy atom. The Kier molecular flexibility index (Phi) is 7.39. The first-order valence-electron chi connectivity index (χ1n) is 8.21. The molecule has 0 bridgehead atoms. The van der Waals surface area contributed by atoms with E-state index in [0.29, 0.717) is 19.0 Å². The number of likely N-dealkylation sites (N-methyl/N-ethyl adjacent to an activating group) is 1. The van der Waals surface area contributed by atoms with Gasteiger partial charge in [0.25, 0.3) is 0 Å². The molecule has 0 saturated carbocycles. The first-order chi connectivity index (χ1) is 12.1. The van der Waals surface area contributed by atoms with Gasteiger partial charge in [-0.05, 0) is 11.4 Å². The summed E-state index contributed by atoms with van der Waals surface area (Å²) < 4.78 is 2.01. The maximum absolute atomic E-state index is 11.8. The van der Waals surface area contributed by atoms with Crippen molar-refractivity contribution in [3.8, 4) is 0 Å². The zero-order chi connectivity index (χ0) is 18.1. The summed E-state index contributed by atoms with van der Waals surface area (Å²) in [5.41, 5.74) is 0. The SMILES string of the molecule is CCc1nncn1CCNC(=NCC(=O)N(C)C)NCc1cccs1. The van der Waals surface area contributed by atoms with Gasteiger partial charge in [0.15, 0.2) is 5.96 Å². The summed E-state index contributed by atoms with van der Waals surface area (Å²) in [5, 5.41) is 16.6. The van der Waals surface area contributed by atoms with E-state index in [1.807, 2.05) is 16.0 Å². The lowest BCUT2D eigenvalue weighted by Crippen LogP contribution is -2.39. The van der Waals surface area contributed by atoms with Gasteiger partial charge in [0.1, 0.15) is 18.7 Å². The van der Waals surface area contributed by atoms with Crippen molar-refractivity contribution < 1.29 is 4.79 Å². The summed E-state index contributed by atoms with van der Waals surface area (Å²) in [6.45, 7) is 4.23. The lowest BCUT2D eigenvalue weighted by molar-refractivity contribution is -0.127. The molecule has 9 heteroatoms. The average Bonchev–Trinajstić information content (AvgIpc) is 3.27. The molecular weight excluding hydrogens is 338 g/mol. The van der Waals surface area contributed by atoms with Crippen molar-refractivity contribution in [2.75, 3.05) is 27.2 Å². The highest BCUT2D eigenvalue weighted by molar-refractivity contribution is 7.09. The number of carbonyl (C=O) groups excluding carboxylic acids is 1. The van der Waals surface area contributed by atoms with Crippen LogP contribution in [-0.2, 0) is 24.3 Å². The Hall–Kier alpha value is -2.42. The fraction of sp³-hybridized carbons (Fsp3) is 0.500. The van der Waals surface area contributed by atoms with Crippen LogP contribution in [0.1, 0.15) is 17.6 Å². The van der Waals surface area contributed by atoms with Crippen LogP contribution in [0.5, 0.6) is 0 Å². The Bertz CT molecular complexity index is 678. The summed E-state index contributed by atoms with van der Waals surface area (Å²) in [5.74, 6) is 1.54. The number of nitrogens with zero attached hydrogens (tertiary/aromatic N) is 5. The summed E-state index contributed by atoms with van der Waals surface area (Å²) in [6, 6.07) is 4.07. The van der Waals surface area contributed by atoms with Crippen molar-refractivity contribution >= 4 is 23.2 Å². The first-order valence-corrected chi connectivity index (χ1v) is 9.09. The molecular formula is C16H25N7OS. The minimum absolute atomic E-state index is 0.0377. The topological polar surface area (TPSA) is 87.4 Å². The molecule has 2 aromatic rings. The quantitative estimate of drug-likeness (QED) is 0.533. The highest BCUT2D eigenvalue weighted by Crippen LogP contribution is 2.07. The van der Waals surface area contributed by atoms with Crippen LogP contribution in [0.4, 0.5) is 0 Å². The van der Waals surface area contributed by atoms with Crippen LogP contribution in [0, 0.1) is 0 Å². The molecule has 0 unspecified atom stereocenters. The van der Waals surface area contributed by atoms with Crippen LogP contribution in [0.25, 0.3) is 0 Å². The normalized spacial score (nSPS) is 11.4. The van der Waals surface area contributed by atoms with Crippen LogP contribution in [-0.4, -0.2) is 58.7 Å². The van der Waals surface area contributed by atoms with E-state index in [9.17, 15) is 4.79 Å². The second kappa shape index (κ2) is 9.77. The largest absolute Gasteiger partial charge is 0.355 e. The Labute approximate surface area is 152 Å². The van der Waals surface area contributed by atoms with E-state index in [2.05, 4.69) is 38.8 Å². The molecule has 0 saturated heterocycles.